The van der Waals surface area contributed by atoms with E-state index in [0.717, 1.165) is 17.1 Å². The molecule has 23 heavy (non-hydrogen) atoms. The Morgan fingerprint density at radius 3 is 2.43 bits per heavy atom. The lowest BCUT2D eigenvalue weighted by molar-refractivity contribution is 0.458. The van der Waals surface area contributed by atoms with Crippen LogP contribution in [0.4, 0.5) is 0 Å². The molecule has 0 fully saturated rings. The summed E-state index contributed by atoms with van der Waals surface area (Å²) < 4.78 is 7.45. The average molecular weight is 349 g/mol. The molecule has 118 valence electrons. The molecule has 5 nitrogen and oxygen atoms in total. The normalized spacial score (nSPS) is 10.8. The van der Waals surface area contributed by atoms with Gasteiger partial charge in [0.15, 0.2) is 0 Å². The van der Waals surface area contributed by atoms with Gasteiger partial charge in [-0.15, -0.1) is 0 Å². The lowest BCUT2D eigenvalue weighted by atomic mass is 10.3. The van der Waals surface area contributed by atoms with Crippen LogP contribution < -0.4 is 4.74 Å². The SMILES string of the molecule is Cc1cc(Oc2cc(Cl)ccc2Cl)nc(-n2nc(C)cc2C)n1. The van der Waals surface area contributed by atoms with Gasteiger partial charge in [-0.2, -0.15) is 10.1 Å². The number of ether oxygens (including phenoxy) is 1. The highest BCUT2D eigenvalue weighted by Gasteiger charge is 2.11. The predicted molar refractivity (Wildman–Crippen MR) is 89.9 cm³/mol. The summed E-state index contributed by atoms with van der Waals surface area (Å²) in [7, 11) is 0. The standard InChI is InChI=1S/C16H14Cl2N4O/c1-9-7-15(23-14-8-12(17)4-5-13(14)18)20-16(19-9)22-11(3)6-10(2)21-22/h4-8H,1-3H3. The number of nitrogens with zero attached hydrogens (tertiary/aromatic N) is 4. The van der Waals surface area contributed by atoms with Crippen molar-refractivity contribution >= 4 is 23.2 Å². The van der Waals surface area contributed by atoms with Crippen LogP contribution in [0.1, 0.15) is 17.1 Å². The summed E-state index contributed by atoms with van der Waals surface area (Å²) in [5.74, 6) is 1.27. The van der Waals surface area contributed by atoms with Crippen molar-refractivity contribution in [3.8, 4) is 17.6 Å². The second-order valence-corrected chi connectivity index (χ2v) is 6.01. The van der Waals surface area contributed by atoms with Gasteiger partial charge in [-0.1, -0.05) is 23.2 Å². The van der Waals surface area contributed by atoms with Crippen molar-refractivity contribution in [1.82, 2.24) is 19.7 Å². The Balaban J connectivity index is 2.01. The first-order chi connectivity index (χ1) is 10.9. The van der Waals surface area contributed by atoms with Crippen LogP contribution in [0.3, 0.4) is 0 Å². The van der Waals surface area contributed by atoms with E-state index < -0.39 is 0 Å². The maximum atomic E-state index is 6.13. The summed E-state index contributed by atoms with van der Waals surface area (Å²) in [6.07, 6.45) is 0. The number of hydrogen-bond donors (Lipinski definition) is 0. The van der Waals surface area contributed by atoms with Gasteiger partial charge in [-0.25, -0.2) is 9.67 Å². The summed E-state index contributed by atoms with van der Waals surface area (Å²) in [5.41, 5.74) is 2.60. The topological polar surface area (TPSA) is 52.8 Å². The first-order valence-corrected chi connectivity index (χ1v) is 7.70. The van der Waals surface area contributed by atoms with Crippen LogP contribution in [0.15, 0.2) is 30.3 Å². The minimum absolute atomic E-state index is 0.379. The van der Waals surface area contributed by atoms with Crippen LogP contribution in [0.2, 0.25) is 10.0 Å². The Morgan fingerprint density at radius 1 is 0.957 bits per heavy atom. The third-order valence-electron chi connectivity index (χ3n) is 3.13. The highest BCUT2D eigenvalue weighted by Crippen LogP contribution is 2.31. The first-order valence-electron chi connectivity index (χ1n) is 6.94. The summed E-state index contributed by atoms with van der Waals surface area (Å²) in [5, 5.41) is 5.38. The molecular weight excluding hydrogens is 335 g/mol. The minimum atomic E-state index is 0.379. The molecule has 3 rings (SSSR count). The smallest absolute Gasteiger partial charge is 0.254 e. The maximum absolute atomic E-state index is 6.13. The van der Waals surface area contributed by atoms with Gasteiger partial charge < -0.3 is 4.74 Å². The van der Waals surface area contributed by atoms with E-state index in [-0.39, 0.29) is 0 Å². The molecule has 1 aromatic carbocycles. The quantitative estimate of drug-likeness (QED) is 0.689. The average Bonchev–Trinajstić information content (AvgIpc) is 2.81. The van der Waals surface area contributed by atoms with Crippen molar-refractivity contribution in [2.75, 3.05) is 0 Å². The van der Waals surface area contributed by atoms with Crippen LogP contribution >= 0.6 is 23.2 Å². The molecule has 0 N–H and O–H groups in total. The van der Waals surface area contributed by atoms with E-state index in [0.29, 0.717) is 27.6 Å². The number of benzene rings is 1. The van der Waals surface area contributed by atoms with Gasteiger partial charge in [0.2, 0.25) is 5.88 Å². The molecule has 3 aromatic rings. The Bertz CT molecular complexity index is 877. The third kappa shape index (κ3) is 3.46. The highest BCUT2D eigenvalue weighted by molar-refractivity contribution is 6.34. The first kappa shape index (κ1) is 15.8. The van der Waals surface area contributed by atoms with E-state index in [4.69, 9.17) is 27.9 Å². The molecule has 0 saturated carbocycles. The monoisotopic (exact) mass is 348 g/mol. The van der Waals surface area contributed by atoms with E-state index >= 15 is 0 Å². The molecule has 0 amide bonds. The van der Waals surface area contributed by atoms with E-state index in [9.17, 15) is 0 Å². The number of aryl methyl sites for hydroxylation is 3. The number of rotatable bonds is 3. The Hall–Kier alpha value is -2.11. The summed E-state index contributed by atoms with van der Waals surface area (Å²) in [4.78, 5) is 8.82. The van der Waals surface area contributed by atoms with Crippen molar-refractivity contribution in [3.63, 3.8) is 0 Å². The van der Waals surface area contributed by atoms with Gasteiger partial charge in [-0.05, 0) is 39.0 Å². The van der Waals surface area contributed by atoms with Gasteiger partial charge in [0, 0.05) is 28.5 Å². The molecule has 0 saturated heterocycles. The van der Waals surface area contributed by atoms with Crippen LogP contribution in [0, 0.1) is 20.8 Å². The van der Waals surface area contributed by atoms with Gasteiger partial charge in [0.25, 0.3) is 5.95 Å². The lowest BCUT2D eigenvalue weighted by Crippen LogP contribution is -2.07. The number of aromatic nitrogens is 4. The molecule has 2 aromatic heterocycles. The fourth-order valence-corrected chi connectivity index (χ4v) is 2.49. The van der Waals surface area contributed by atoms with E-state index in [1.54, 1.807) is 28.9 Å². The second kappa shape index (κ2) is 6.18. The zero-order chi connectivity index (χ0) is 16.6. The molecule has 7 heteroatoms. The fraction of sp³-hybridized carbons (Fsp3) is 0.188. The molecule has 0 aliphatic carbocycles. The van der Waals surface area contributed by atoms with Crippen molar-refractivity contribution in [3.05, 3.63) is 57.5 Å². The number of hydrogen-bond acceptors (Lipinski definition) is 4. The highest BCUT2D eigenvalue weighted by atomic mass is 35.5. The third-order valence-corrected chi connectivity index (χ3v) is 3.67. The van der Waals surface area contributed by atoms with Crippen LogP contribution in [-0.4, -0.2) is 19.7 Å². The van der Waals surface area contributed by atoms with Crippen molar-refractivity contribution in [2.24, 2.45) is 0 Å². The zero-order valence-electron chi connectivity index (χ0n) is 12.8. The van der Waals surface area contributed by atoms with E-state index in [1.807, 2.05) is 26.8 Å². The molecule has 0 bridgehead atoms. The summed E-state index contributed by atoms with van der Waals surface area (Å²) >= 11 is 12.1. The zero-order valence-corrected chi connectivity index (χ0v) is 14.4. The van der Waals surface area contributed by atoms with Crippen LogP contribution in [-0.2, 0) is 0 Å². The minimum Gasteiger partial charge on any atom is -0.437 e. The predicted octanol–water partition coefficient (Wildman–Crippen LogP) is 4.69. The molecule has 0 aliphatic heterocycles. The molecule has 0 spiro atoms. The maximum Gasteiger partial charge on any atom is 0.254 e. The molecule has 0 radical (unpaired) electrons. The van der Waals surface area contributed by atoms with E-state index in [2.05, 4.69) is 15.1 Å². The van der Waals surface area contributed by atoms with Gasteiger partial charge in [0.1, 0.15) is 5.75 Å². The molecule has 0 aliphatic rings. The molecular formula is C16H14Cl2N4O. The summed E-state index contributed by atoms with van der Waals surface area (Å²) in [6, 6.07) is 8.70. The Kier molecular flexibility index (Phi) is 4.24. The van der Waals surface area contributed by atoms with Crippen LogP contribution in [0.25, 0.3) is 5.95 Å². The number of halogens is 2. The van der Waals surface area contributed by atoms with Crippen molar-refractivity contribution < 1.29 is 4.74 Å². The molecule has 0 unspecified atom stereocenters. The van der Waals surface area contributed by atoms with Gasteiger partial charge in [-0.3, -0.25) is 0 Å². The second-order valence-electron chi connectivity index (χ2n) is 5.16. The molecule has 2 heterocycles. The van der Waals surface area contributed by atoms with Crippen LogP contribution in [0.5, 0.6) is 11.6 Å². The van der Waals surface area contributed by atoms with Gasteiger partial charge in [0.05, 0.1) is 10.7 Å². The Labute approximate surface area is 143 Å². The fourth-order valence-electron chi connectivity index (χ4n) is 2.17. The van der Waals surface area contributed by atoms with Crippen molar-refractivity contribution in [1.29, 1.82) is 0 Å². The van der Waals surface area contributed by atoms with Crippen molar-refractivity contribution in [2.45, 2.75) is 20.8 Å². The summed E-state index contributed by atoms with van der Waals surface area (Å²) in [6.45, 7) is 5.73. The van der Waals surface area contributed by atoms with E-state index in [1.165, 1.54) is 0 Å². The van der Waals surface area contributed by atoms with Gasteiger partial charge >= 0.3 is 0 Å². The molecule has 0 atom stereocenters. The largest absolute Gasteiger partial charge is 0.437 e. The Morgan fingerprint density at radius 2 is 1.74 bits per heavy atom. The lowest BCUT2D eigenvalue weighted by Gasteiger charge is -2.10.